The van der Waals surface area contributed by atoms with Gasteiger partial charge in [0, 0.05) is 15.9 Å². The summed E-state index contributed by atoms with van der Waals surface area (Å²) in [7, 11) is 0. The summed E-state index contributed by atoms with van der Waals surface area (Å²) >= 11 is 15.7. The molecule has 1 fully saturated rings. The summed E-state index contributed by atoms with van der Waals surface area (Å²) in [6.45, 7) is -0.285. The standard InChI is InChI=1S/C27H19BrCl2N6O3/c28-17-8-6-15(7-9-17)20-13-22(16-4-2-1-3-5-16)36(32-20)23(37)14-34-25-24(31-33-34)26(38)35(27(25)39)21-11-10-18(29)12-19(21)30/h1-12,22,24-25H,13-14H2/t22-,24+,25+/m0/s1. The molecule has 3 aliphatic rings. The summed E-state index contributed by atoms with van der Waals surface area (Å²) in [5, 5.41) is 15.9. The molecular formula is C27H19BrCl2N6O3. The Balaban J connectivity index is 1.26. The Labute approximate surface area is 241 Å². The highest BCUT2D eigenvalue weighted by molar-refractivity contribution is 9.10. The van der Waals surface area contributed by atoms with Crippen molar-refractivity contribution in [1.82, 2.24) is 10.0 Å². The fraction of sp³-hybridized carbons (Fsp3) is 0.185. The molecule has 0 aromatic heterocycles. The maximum Gasteiger partial charge on any atom is 0.264 e. The number of hydrazone groups is 1. The number of hydrogen-bond donors (Lipinski definition) is 0. The van der Waals surface area contributed by atoms with Crippen LogP contribution >= 0.6 is 39.1 Å². The fourth-order valence-electron chi connectivity index (χ4n) is 4.96. The minimum atomic E-state index is -1.07. The Bertz CT molecular complexity index is 1550. The molecule has 0 spiro atoms. The molecule has 3 heterocycles. The summed E-state index contributed by atoms with van der Waals surface area (Å²) in [5.41, 5.74) is 2.81. The van der Waals surface area contributed by atoms with Crippen LogP contribution in [0, 0.1) is 0 Å². The molecule has 0 bridgehead atoms. The average molecular weight is 626 g/mol. The highest BCUT2D eigenvalue weighted by atomic mass is 79.9. The Kier molecular flexibility index (Phi) is 6.70. The largest absolute Gasteiger partial charge is 0.271 e. The zero-order chi connectivity index (χ0) is 27.3. The van der Waals surface area contributed by atoms with Crippen LogP contribution in [-0.2, 0) is 14.4 Å². The van der Waals surface area contributed by atoms with E-state index in [4.69, 9.17) is 23.2 Å². The van der Waals surface area contributed by atoms with Gasteiger partial charge >= 0.3 is 0 Å². The molecule has 3 aliphatic heterocycles. The fourth-order valence-corrected chi connectivity index (χ4v) is 5.71. The molecule has 3 aromatic carbocycles. The van der Waals surface area contributed by atoms with Gasteiger partial charge in [0.05, 0.1) is 22.5 Å². The highest BCUT2D eigenvalue weighted by Gasteiger charge is 2.55. The SMILES string of the molecule is O=C1[C@@H]2N=NN(CC(=O)N3N=C(c4ccc(Br)cc4)C[C@H]3c3ccccc3)[C@H]2C(=O)N1c1ccc(Cl)cc1Cl. The van der Waals surface area contributed by atoms with Gasteiger partial charge in [-0.05, 0) is 41.5 Å². The van der Waals surface area contributed by atoms with E-state index < -0.39 is 23.9 Å². The molecule has 39 heavy (non-hydrogen) atoms. The molecular weight excluding hydrogens is 607 g/mol. The Morgan fingerprint density at radius 2 is 1.72 bits per heavy atom. The number of amides is 3. The molecule has 0 unspecified atom stereocenters. The first-order valence-corrected chi connectivity index (χ1v) is 13.6. The molecule has 0 N–H and O–H groups in total. The van der Waals surface area contributed by atoms with E-state index in [1.54, 1.807) is 6.07 Å². The van der Waals surface area contributed by atoms with E-state index in [-0.39, 0.29) is 29.2 Å². The summed E-state index contributed by atoms with van der Waals surface area (Å²) in [4.78, 5) is 41.1. The first-order chi connectivity index (χ1) is 18.8. The maximum absolute atomic E-state index is 13.7. The Hall–Kier alpha value is -3.60. The van der Waals surface area contributed by atoms with E-state index in [1.807, 2.05) is 54.6 Å². The van der Waals surface area contributed by atoms with Crippen LogP contribution in [0.2, 0.25) is 10.0 Å². The van der Waals surface area contributed by atoms with Gasteiger partial charge in [-0.15, -0.1) is 0 Å². The van der Waals surface area contributed by atoms with Crippen molar-refractivity contribution in [2.24, 2.45) is 15.4 Å². The van der Waals surface area contributed by atoms with Crippen LogP contribution in [0.4, 0.5) is 5.69 Å². The van der Waals surface area contributed by atoms with Crippen molar-refractivity contribution in [3.05, 3.63) is 98.4 Å². The van der Waals surface area contributed by atoms with Gasteiger partial charge in [0.25, 0.3) is 17.7 Å². The lowest BCUT2D eigenvalue weighted by molar-refractivity contribution is -0.135. The van der Waals surface area contributed by atoms with E-state index in [2.05, 4.69) is 31.4 Å². The van der Waals surface area contributed by atoms with Crippen LogP contribution < -0.4 is 4.90 Å². The van der Waals surface area contributed by atoms with Gasteiger partial charge in [0.15, 0.2) is 12.1 Å². The van der Waals surface area contributed by atoms with Crippen LogP contribution in [-0.4, -0.2) is 52.1 Å². The number of carbonyl (C=O) groups is 3. The van der Waals surface area contributed by atoms with Crippen LogP contribution in [0.3, 0.4) is 0 Å². The van der Waals surface area contributed by atoms with Crippen molar-refractivity contribution >= 4 is 68.3 Å². The molecule has 6 rings (SSSR count). The minimum Gasteiger partial charge on any atom is -0.271 e. The number of rotatable bonds is 5. The van der Waals surface area contributed by atoms with Gasteiger partial charge in [-0.1, -0.05) is 86.8 Å². The van der Waals surface area contributed by atoms with Crippen LogP contribution in [0.15, 0.2) is 92.7 Å². The highest BCUT2D eigenvalue weighted by Crippen LogP contribution is 2.37. The molecule has 0 saturated carbocycles. The summed E-state index contributed by atoms with van der Waals surface area (Å²) < 4.78 is 0.941. The second-order valence-corrected chi connectivity index (χ2v) is 11.0. The number of nitrogens with zero attached hydrogens (tertiary/aromatic N) is 6. The minimum absolute atomic E-state index is 0.154. The Morgan fingerprint density at radius 3 is 2.44 bits per heavy atom. The third kappa shape index (κ3) is 4.62. The van der Waals surface area contributed by atoms with E-state index in [0.717, 1.165) is 26.2 Å². The first-order valence-electron chi connectivity index (χ1n) is 12.0. The zero-order valence-corrected chi connectivity index (χ0v) is 23.2. The predicted octanol–water partition coefficient (Wildman–Crippen LogP) is 5.43. The van der Waals surface area contributed by atoms with Gasteiger partial charge in [-0.2, -0.15) is 10.2 Å². The third-order valence-electron chi connectivity index (χ3n) is 6.83. The van der Waals surface area contributed by atoms with Gasteiger partial charge in [-0.3, -0.25) is 19.4 Å². The molecule has 3 aromatic rings. The molecule has 3 amide bonds. The lowest BCUT2D eigenvalue weighted by Gasteiger charge is -2.25. The van der Waals surface area contributed by atoms with Crippen LogP contribution in [0.1, 0.15) is 23.6 Å². The van der Waals surface area contributed by atoms with Gasteiger partial charge < -0.3 is 0 Å². The predicted molar refractivity (Wildman–Crippen MR) is 149 cm³/mol. The van der Waals surface area contributed by atoms with Gasteiger partial charge in [-0.25, -0.2) is 9.91 Å². The topological polar surface area (TPSA) is 98.0 Å². The van der Waals surface area contributed by atoms with Crippen LogP contribution in [0.25, 0.3) is 0 Å². The lowest BCUT2D eigenvalue weighted by atomic mass is 9.98. The molecule has 9 nitrogen and oxygen atoms in total. The summed E-state index contributed by atoms with van der Waals surface area (Å²) in [6.07, 6.45) is 0.519. The second kappa shape index (κ2) is 10.2. The van der Waals surface area contributed by atoms with Crippen molar-refractivity contribution in [3.8, 4) is 0 Å². The van der Waals surface area contributed by atoms with Gasteiger partial charge in [0.1, 0.15) is 6.54 Å². The van der Waals surface area contributed by atoms with Gasteiger partial charge in [0.2, 0.25) is 0 Å². The van der Waals surface area contributed by atoms with E-state index in [9.17, 15) is 14.4 Å². The van der Waals surface area contributed by atoms with Crippen molar-refractivity contribution in [2.75, 3.05) is 11.4 Å². The molecule has 0 radical (unpaired) electrons. The van der Waals surface area contributed by atoms with E-state index >= 15 is 0 Å². The third-order valence-corrected chi connectivity index (χ3v) is 7.90. The lowest BCUT2D eigenvalue weighted by Crippen LogP contribution is -2.44. The van der Waals surface area contributed by atoms with Crippen LogP contribution in [0.5, 0.6) is 0 Å². The average Bonchev–Trinajstić information content (AvgIpc) is 3.61. The van der Waals surface area contributed by atoms with E-state index in [0.29, 0.717) is 11.4 Å². The first kappa shape index (κ1) is 25.7. The monoisotopic (exact) mass is 624 g/mol. The van der Waals surface area contributed by atoms with Crippen molar-refractivity contribution in [3.63, 3.8) is 0 Å². The van der Waals surface area contributed by atoms with Crippen molar-refractivity contribution in [2.45, 2.75) is 24.5 Å². The molecule has 12 heteroatoms. The normalized spacial score (nSPS) is 22.1. The molecule has 196 valence electrons. The number of hydrogen-bond acceptors (Lipinski definition) is 7. The van der Waals surface area contributed by atoms with Crippen molar-refractivity contribution in [1.29, 1.82) is 0 Å². The number of fused-ring (bicyclic) bond motifs is 1. The van der Waals surface area contributed by atoms with Crippen molar-refractivity contribution < 1.29 is 14.4 Å². The Morgan fingerprint density at radius 1 is 0.974 bits per heavy atom. The zero-order valence-electron chi connectivity index (χ0n) is 20.1. The summed E-state index contributed by atoms with van der Waals surface area (Å²) in [5.74, 6) is -1.50. The number of carbonyl (C=O) groups excluding carboxylic acids is 3. The quantitative estimate of drug-likeness (QED) is 0.353. The number of imide groups is 1. The molecule has 0 aliphatic carbocycles. The maximum atomic E-state index is 13.7. The number of benzene rings is 3. The second-order valence-electron chi connectivity index (χ2n) is 9.22. The molecule has 1 saturated heterocycles. The smallest absolute Gasteiger partial charge is 0.264 e. The van der Waals surface area contributed by atoms with E-state index in [1.165, 1.54) is 22.2 Å². The number of anilines is 1. The number of halogens is 3. The molecule has 3 atom stereocenters. The summed E-state index contributed by atoms with van der Waals surface area (Å²) in [6, 6.07) is 19.4.